The van der Waals surface area contributed by atoms with E-state index in [2.05, 4.69) is 57.7 Å². The number of amides is 6. The van der Waals surface area contributed by atoms with E-state index in [1.54, 1.807) is 34.1 Å². The van der Waals surface area contributed by atoms with Gasteiger partial charge in [-0.1, -0.05) is 142 Å². The number of nitrogens with one attached hydrogen (secondary N) is 4. The molecule has 5 fully saturated rings. The van der Waals surface area contributed by atoms with E-state index in [4.69, 9.17) is 5.73 Å². The van der Waals surface area contributed by atoms with Crippen molar-refractivity contribution in [2.45, 2.75) is 119 Å². The van der Waals surface area contributed by atoms with Gasteiger partial charge in [-0.3, -0.25) is 28.8 Å². The number of carbonyl (C=O) groups excluding carboxylic acids is 6. The Balaban J connectivity index is 0.811. The Labute approximate surface area is 424 Å². The zero-order chi connectivity index (χ0) is 50.0. The molecule has 0 unspecified atom stereocenters. The molecule has 2 saturated heterocycles. The maximum atomic E-state index is 14.2. The molecule has 6 N–H and O–H groups in total. The lowest BCUT2D eigenvalue weighted by Gasteiger charge is -2.18. The number of benzene rings is 4. The zero-order valence-corrected chi connectivity index (χ0v) is 41.6. The molecule has 0 bridgehead atoms. The first-order valence-electron chi connectivity index (χ1n) is 26.9. The van der Waals surface area contributed by atoms with Crippen molar-refractivity contribution in [1.82, 2.24) is 31.1 Å². The van der Waals surface area contributed by atoms with Crippen molar-refractivity contribution < 1.29 is 28.8 Å². The van der Waals surface area contributed by atoms with Crippen LogP contribution in [0.4, 0.5) is 0 Å². The summed E-state index contributed by atoms with van der Waals surface area (Å²) in [5.74, 6) is -3.78. The predicted molar refractivity (Wildman–Crippen MR) is 278 cm³/mol. The molecular formula is C59H73N7O6. The van der Waals surface area contributed by atoms with Gasteiger partial charge < -0.3 is 36.8 Å². The molecule has 2 heterocycles. The van der Waals surface area contributed by atoms with Crippen LogP contribution in [0.3, 0.4) is 0 Å². The van der Waals surface area contributed by atoms with Crippen LogP contribution in [0, 0.1) is 23.7 Å². The van der Waals surface area contributed by atoms with E-state index in [0.29, 0.717) is 17.7 Å². The minimum absolute atomic E-state index is 0.0234. The number of hydrogen-bond acceptors (Lipinski definition) is 7. The van der Waals surface area contributed by atoms with Crippen LogP contribution in [-0.2, 0) is 19.2 Å². The molecule has 3 aliphatic carbocycles. The van der Waals surface area contributed by atoms with Crippen LogP contribution in [0.1, 0.15) is 139 Å². The Kier molecular flexibility index (Phi) is 16.8. The van der Waals surface area contributed by atoms with Crippen LogP contribution in [0.5, 0.6) is 0 Å². The molecule has 10 atom stereocenters. The fourth-order valence-electron chi connectivity index (χ4n) is 11.3. The van der Waals surface area contributed by atoms with Crippen molar-refractivity contribution in [3.8, 4) is 0 Å². The highest BCUT2D eigenvalue weighted by Crippen LogP contribution is 2.43. The average Bonchev–Trinajstić information content (AvgIpc) is 4.38. The lowest BCUT2D eigenvalue weighted by molar-refractivity contribution is -0.133. The quantitative estimate of drug-likeness (QED) is 0.0466. The van der Waals surface area contributed by atoms with E-state index < -0.39 is 23.7 Å². The summed E-state index contributed by atoms with van der Waals surface area (Å²) in [4.78, 5) is 87.4. The van der Waals surface area contributed by atoms with Gasteiger partial charge in [-0.05, 0) is 79.6 Å². The molecule has 9 rings (SSSR count). The summed E-state index contributed by atoms with van der Waals surface area (Å²) in [6.07, 6.45) is 13.9. The highest BCUT2D eigenvalue weighted by molar-refractivity contribution is 6.00. The molecule has 0 aromatic heterocycles. The monoisotopic (exact) mass is 976 g/mol. The van der Waals surface area contributed by atoms with E-state index in [-0.39, 0.29) is 97.5 Å². The van der Waals surface area contributed by atoms with Crippen molar-refractivity contribution >= 4 is 35.4 Å². The molecule has 5 aliphatic rings. The minimum Gasteiger partial charge on any atom is -0.356 e. The van der Waals surface area contributed by atoms with Crippen LogP contribution in [0.25, 0.3) is 0 Å². The van der Waals surface area contributed by atoms with Gasteiger partial charge >= 0.3 is 0 Å². The van der Waals surface area contributed by atoms with Crippen LogP contribution in [0.15, 0.2) is 115 Å². The third-order valence-corrected chi connectivity index (χ3v) is 15.9. The van der Waals surface area contributed by atoms with Gasteiger partial charge in [0.15, 0.2) is 0 Å². The molecule has 4 aromatic carbocycles. The second-order valence-electron chi connectivity index (χ2n) is 21.1. The fourth-order valence-corrected chi connectivity index (χ4v) is 11.3. The Morgan fingerprint density at radius 1 is 0.403 bits per heavy atom. The maximum Gasteiger partial charge on any atom is 0.253 e. The molecule has 2 aliphatic heterocycles. The number of nitrogens with zero attached hydrogens (tertiary/aromatic N) is 2. The number of unbranched alkanes of at least 4 members (excludes halogenated alkanes) is 9. The molecule has 72 heavy (non-hydrogen) atoms. The van der Waals surface area contributed by atoms with Crippen molar-refractivity contribution in [1.29, 1.82) is 0 Å². The third-order valence-electron chi connectivity index (χ3n) is 15.9. The van der Waals surface area contributed by atoms with Crippen molar-refractivity contribution in [2.24, 2.45) is 29.4 Å². The Morgan fingerprint density at radius 2 is 0.708 bits per heavy atom. The normalized spacial score (nSPS) is 25.8. The Bertz CT molecular complexity index is 2420. The van der Waals surface area contributed by atoms with Crippen molar-refractivity contribution in [3.63, 3.8) is 0 Å². The summed E-state index contributed by atoms with van der Waals surface area (Å²) < 4.78 is 0. The summed E-state index contributed by atoms with van der Waals surface area (Å²) in [6, 6.07) is 36.6. The first-order chi connectivity index (χ1) is 35.2. The molecule has 0 spiro atoms. The van der Waals surface area contributed by atoms with Crippen LogP contribution in [-0.4, -0.2) is 103 Å². The van der Waals surface area contributed by atoms with Gasteiger partial charge in [0.25, 0.3) is 11.8 Å². The number of nitrogens with two attached hydrogens (primary N) is 1. The summed E-state index contributed by atoms with van der Waals surface area (Å²) in [5.41, 5.74) is 9.76. The molecule has 380 valence electrons. The van der Waals surface area contributed by atoms with E-state index in [1.807, 2.05) is 54.6 Å². The Hall–Kier alpha value is -6.34. The standard InChI is InChI=1S/C59H73N7O6/c60-30-18-7-5-3-1-2-4-6-8-19-31-61-54(67)47-35-65(36-48(47)55(68)62-51-32-44(51)39-20-12-9-13-21-39)58(71)42-26-28-43(29-27-42)59(72)66-37-49(56(69)63-52-33-45(52)40-22-14-10-15-23-40)50(38-66)57(70)64-53-34-46(53)41-24-16-11-17-25-41/h9-17,20-29,44-53H,1-8,18-19,30-38,60H2,(H,61,67)(H,62,68)(H,63,69)(H,64,70)/t44-,45-,46-,47-,48-,49-,50-,51+,52+,53+/m1/s1. The van der Waals surface area contributed by atoms with Gasteiger partial charge in [0.1, 0.15) is 0 Å². The topological polar surface area (TPSA) is 183 Å². The first kappa shape index (κ1) is 50.6. The van der Waals surface area contributed by atoms with Gasteiger partial charge in [0, 0.05) is 79.7 Å². The second-order valence-corrected chi connectivity index (χ2v) is 21.1. The zero-order valence-electron chi connectivity index (χ0n) is 41.6. The highest BCUT2D eigenvalue weighted by Gasteiger charge is 2.50. The van der Waals surface area contributed by atoms with E-state index in [0.717, 1.165) is 62.6 Å². The number of carbonyl (C=O) groups is 6. The molecule has 3 saturated carbocycles. The van der Waals surface area contributed by atoms with Crippen LogP contribution in [0.2, 0.25) is 0 Å². The smallest absolute Gasteiger partial charge is 0.253 e. The highest BCUT2D eigenvalue weighted by atomic mass is 16.2. The lowest BCUT2D eigenvalue weighted by Crippen LogP contribution is -2.43. The van der Waals surface area contributed by atoms with Gasteiger partial charge in [-0.15, -0.1) is 0 Å². The molecular weight excluding hydrogens is 903 g/mol. The van der Waals surface area contributed by atoms with Gasteiger partial charge in [-0.25, -0.2) is 0 Å². The Morgan fingerprint density at radius 3 is 1.04 bits per heavy atom. The molecule has 0 radical (unpaired) electrons. The number of rotatable bonds is 24. The molecule has 13 nitrogen and oxygen atoms in total. The van der Waals surface area contributed by atoms with Crippen molar-refractivity contribution in [3.05, 3.63) is 143 Å². The van der Waals surface area contributed by atoms with Gasteiger partial charge in [0.2, 0.25) is 23.6 Å². The van der Waals surface area contributed by atoms with Crippen LogP contribution < -0.4 is 27.0 Å². The van der Waals surface area contributed by atoms with E-state index >= 15 is 0 Å². The summed E-state index contributed by atoms with van der Waals surface area (Å²) in [5, 5.41) is 12.7. The first-order valence-corrected chi connectivity index (χ1v) is 26.9. The molecule has 6 amide bonds. The molecule has 13 heteroatoms. The van der Waals surface area contributed by atoms with Crippen LogP contribution >= 0.6 is 0 Å². The minimum atomic E-state index is -0.730. The average molecular weight is 976 g/mol. The SMILES string of the molecule is NCCCCCCCCCCCCNC(=O)[C@@H]1CN(C(=O)c2ccc(C(=O)N3C[C@@H](C(=O)N[C@H]4C[C@@H]4c4ccccc4)[C@H](C(=O)N[C@H]4C[C@@H]4c4ccccc4)C3)cc2)C[C@H]1C(=O)N[C@H]1C[C@@H]1c1ccccc1. The maximum absolute atomic E-state index is 14.2. The van der Waals surface area contributed by atoms with Crippen molar-refractivity contribution in [2.75, 3.05) is 39.3 Å². The fraction of sp³-hybridized carbons (Fsp3) is 0.492. The van der Waals surface area contributed by atoms with Gasteiger partial charge in [0.05, 0.1) is 23.7 Å². The predicted octanol–water partition coefficient (Wildman–Crippen LogP) is 7.06. The van der Waals surface area contributed by atoms with E-state index in [9.17, 15) is 28.8 Å². The molecule has 4 aromatic rings. The number of likely N-dealkylation sites (tertiary alicyclic amines) is 2. The third kappa shape index (κ3) is 12.8. The summed E-state index contributed by atoms with van der Waals surface area (Å²) >= 11 is 0. The van der Waals surface area contributed by atoms with E-state index in [1.165, 1.54) is 44.1 Å². The van der Waals surface area contributed by atoms with Gasteiger partial charge in [-0.2, -0.15) is 0 Å². The largest absolute Gasteiger partial charge is 0.356 e. The second kappa shape index (κ2) is 23.9. The summed E-state index contributed by atoms with van der Waals surface area (Å²) in [7, 11) is 0. The lowest BCUT2D eigenvalue weighted by atomic mass is 9.94. The number of hydrogen-bond donors (Lipinski definition) is 5. The summed E-state index contributed by atoms with van der Waals surface area (Å²) in [6.45, 7) is 1.65.